The first-order valence-electron chi connectivity index (χ1n) is 12.5. The molecule has 6 rings (SSSR count). The minimum Gasteiger partial charge on any atom is -0.489 e. The number of benzene rings is 2. The Kier molecular flexibility index (Phi) is 6.64. The van der Waals surface area contributed by atoms with Gasteiger partial charge in [-0.2, -0.15) is 5.26 Å². The Morgan fingerprint density at radius 1 is 1.08 bits per heavy atom. The van der Waals surface area contributed by atoms with Crippen LogP contribution < -0.4 is 4.74 Å². The van der Waals surface area contributed by atoms with E-state index in [1.165, 1.54) is 15.3 Å². The maximum atomic E-state index is 13.9. The van der Waals surface area contributed by atoms with Gasteiger partial charge in [0.1, 0.15) is 17.9 Å². The van der Waals surface area contributed by atoms with Gasteiger partial charge in [0.2, 0.25) is 0 Å². The van der Waals surface area contributed by atoms with Gasteiger partial charge in [0, 0.05) is 30.6 Å². The third-order valence-corrected chi connectivity index (χ3v) is 9.34. The molecule has 1 aliphatic heterocycles. The second kappa shape index (κ2) is 10.3. The summed E-state index contributed by atoms with van der Waals surface area (Å²) >= 11 is 1.42. The van der Waals surface area contributed by atoms with Gasteiger partial charge in [0.25, 0.3) is 10.0 Å². The molecule has 0 aliphatic carbocycles. The van der Waals surface area contributed by atoms with E-state index in [-0.39, 0.29) is 11.0 Å². The van der Waals surface area contributed by atoms with Crippen molar-refractivity contribution >= 4 is 32.4 Å². The molecule has 1 fully saturated rings. The van der Waals surface area contributed by atoms with Gasteiger partial charge < -0.3 is 9.47 Å². The molecule has 3 aromatic heterocycles. The number of hydrogen-bond donors (Lipinski definition) is 0. The number of pyridine rings is 1. The maximum absolute atomic E-state index is 13.9. The van der Waals surface area contributed by atoms with E-state index in [4.69, 9.17) is 9.47 Å². The van der Waals surface area contributed by atoms with Gasteiger partial charge >= 0.3 is 0 Å². The molecule has 196 valence electrons. The summed E-state index contributed by atoms with van der Waals surface area (Å²) in [5.41, 5.74) is 2.73. The summed E-state index contributed by atoms with van der Waals surface area (Å²) in [5.74, 6) is 0.531. The zero-order valence-electron chi connectivity index (χ0n) is 21.1. The molecule has 39 heavy (non-hydrogen) atoms. The van der Waals surface area contributed by atoms with Crippen LogP contribution in [-0.4, -0.2) is 41.7 Å². The molecule has 10 heteroatoms. The van der Waals surface area contributed by atoms with Crippen LogP contribution in [-0.2, 0) is 14.8 Å². The molecular formula is C29H24N4O4S2. The zero-order chi connectivity index (χ0) is 27.0. The van der Waals surface area contributed by atoms with Gasteiger partial charge in [0.05, 0.1) is 39.3 Å². The lowest BCUT2D eigenvalue weighted by Crippen LogP contribution is -2.26. The van der Waals surface area contributed by atoms with Crippen molar-refractivity contribution in [2.45, 2.75) is 30.8 Å². The Labute approximate surface area is 230 Å². The number of hydrogen-bond acceptors (Lipinski definition) is 8. The fourth-order valence-corrected chi connectivity index (χ4v) is 7.12. The Balaban J connectivity index is 1.51. The van der Waals surface area contributed by atoms with Crippen LogP contribution in [0.3, 0.4) is 0 Å². The van der Waals surface area contributed by atoms with Crippen molar-refractivity contribution in [1.82, 2.24) is 13.9 Å². The van der Waals surface area contributed by atoms with Crippen molar-refractivity contribution in [1.29, 1.82) is 5.26 Å². The molecule has 5 aromatic rings. The molecular weight excluding hydrogens is 532 g/mol. The van der Waals surface area contributed by atoms with Crippen LogP contribution in [0.5, 0.6) is 5.75 Å². The van der Waals surface area contributed by atoms with E-state index >= 15 is 0 Å². The predicted octanol–water partition coefficient (Wildman–Crippen LogP) is 5.80. The van der Waals surface area contributed by atoms with Gasteiger partial charge in [-0.15, -0.1) is 11.3 Å². The second-order valence-electron chi connectivity index (χ2n) is 9.20. The lowest BCUT2D eigenvalue weighted by molar-refractivity contribution is 0.0254. The standard InChI is InChI=1S/C29H24N4O4S2/c1-19-32-18-28(38-19)26-16-25-24(9-12-31-29(25)33(26)39(34,35)23-5-3-2-4-6-23)20-7-8-27(21(15-20)17-30)37-22-10-13-36-14-11-22/h2-9,12,15-16,18,22H,10-11,13-14H2,1H3. The molecule has 0 unspecified atom stereocenters. The zero-order valence-corrected chi connectivity index (χ0v) is 22.7. The lowest BCUT2D eigenvalue weighted by Gasteiger charge is -2.23. The first kappa shape index (κ1) is 25.2. The van der Waals surface area contributed by atoms with E-state index in [1.54, 1.807) is 54.9 Å². The molecule has 4 heterocycles. The summed E-state index contributed by atoms with van der Waals surface area (Å²) in [6, 6.07) is 19.7. The average molecular weight is 557 g/mol. The highest BCUT2D eigenvalue weighted by molar-refractivity contribution is 7.90. The molecule has 0 atom stereocenters. The third-order valence-electron chi connectivity index (χ3n) is 6.69. The monoisotopic (exact) mass is 556 g/mol. The van der Waals surface area contributed by atoms with Gasteiger partial charge in [-0.25, -0.2) is 22.4 Å². The normalized spacial score (nSPS) is 14.4. The highest BCUT2D eigenvalue weighted by Gasteiger charge is 2.27. The van der Waals surface area contributed by atoms with Crippen LogP contribution in [0.25, 0.3) is 32.7 Å². The molecule has 2 aromatic carbocycles. The van der Waals surface area contributed by atoms with E-state index in [0.29, 0.717) is 46.1 Å². The molecule has 0 N–H and O–H groups in total. The smallest absolute Gasteiger partial charge is 0.269 e. The summed E-state index contributed by atoms with van der Waals surface area (Å²) < 4.78 is 40.7. The Bertz CT molecular complexity index is 1820. The number of ether oxygens (including phenoxy) is 2. The molecule has 0 amide bonds. The van der Waals surface area contributed by atoms with Crippen molar-refractivity contribution < 1.29 is 17.9 Å². The SMILES string of the molecule is Cc1ncc(-c2cc3c(-c4ccc(OC5CCOCC5)c(C#N)c4)ccnc3n2S(=O)(=O)c2ccccc2)s1. The van der Waals surface area contributed by atoms with Gasteiger partial charge in [-0.1, -0.05) is 24.3 Å². The molecule has 0 saturated carbocycles. The third kappa shape index (κ3) is 4.69. The summed E-state index contributed by atoms with van der Waals surface area (Å²) in [7, 11) is -3.98. The number of thiazole rings is 1. The highest BCUT2D eigenvalue weighted by Crippen LogP contribution is 2.39. The van der Waals surface area contributed by atoms with Crippen molar-refractivity contribution in [2.75, 3.05) is 13.2 Å². The highest BCUT2D eigenvalue weighted by atomic mass is 32.2. The number of aryl methyl sites for hydroxylation is 1. The Hall–Kier alpha value is -4.04. The van der Waals surface area contributed by atoms with E-state index in [1.807, 2.05) is 25.1 Å². The van der Waals surface area contributed by atoms with Crippen LogP contribution in [0.15, 0.2) is 78.0 Å². The Morgan fingerprint density at radius 3 is 2.59 bits per heavy atom. The lowest BCUT2D eigenvalue weighted by atomic mass is 10.0. The molecule has 0 spiro atoms. The summed E-state index contributed by atoms with van der Waals surface area (Å²) in [5, 5.41) is 11.4. The van der Waals surface area contributed by atoms with Gasteiger partial charge in [-0.05, 0) is 54.4 Å². The van der Waals surface area contributed by atoms with Crippen LogP contribution in [0.1, 0.15) is 23.4 Å². The number of aromatic nitrogens is 3. The largest absolute Gasteiger partial charge is 0.489 e. The van der Waals surface area contributed by atoms with Gasteiger partial charge in [0.15, 0.2) is 5.65 Å². The van der Waals surface area contributed by atoms with E-state index < -0.39 is 10.0 Å². The minimum atomic E-state index is -3.98. The van der Waals surface area contributed by atoms with Crippen molar-refractivity contribution in [3.05, 3.63) is 83.6 Å². The van der Waals surface area contributed by atoms with Gasteiger partial charge in [-0.3, -0.25) is 0 Å². The van der Waals surface area contributed by atoms with Crippen LogP contribution in [0.4, 0.5) is 0 Å². The van der Waals surface area contributed by atoms with Crippen molar-refractivity contribution in [3.8, 4) is 33.5 Å². The van der Waals surface area contributed by atoms with E-state index in [9.17, 15) is 13.7 Å². The second-order valence-corrected chi connectivity index (χ2v) is 12.2. The van der Waals surface area contributed by atoms with E-state index in [0.717, 1.165) is 29.0 Å². The summed E-state index contributed by atoms with van der Waals surface area (Å²) in [4.78, 5) is 9.75. The predicted molar refractivity (Wildman–Crippen MR) is 149 cm³/mol. The average Bonchev–Trinajstić information content (AvgIpc) is 3.58. The fourth-order valence-electron chi connectivity index (χ4n) is 4.78. The molecule has 0 radical (unpaired) electrons. The summed E-state index contributed by atoms with van der Waals surface area (Å²) in [6.07, 6.45) is 4.84. The fraction of sp³-hybridized carbons (Fsp3) is 0.207. The molecule has 1 saturated heterocycles. The molecule has 8 nitrogen and oxygen atoms in total. The quantitative estimate of drug-likeness (QED) is 0.260. The first-order chi connectivity index (χ1) is 19.0. The minimum absolute atomic E-state index is 0.00646. The summed E-state index contributed by atoms with van der Waals surface area (Å²) in [6.45, 7) is 3.16. The number of rotatable bonds is 6. The van der Waals surface area contributed by atoms with E-state index in [2.05, 4.69) is 16.0 Å². The van der Waals surface area contributed by atoms with Crippen molar-refractivity contribution in [3.63, 3.8) is 0 Å². The van der Waals surface area contributed by atoms with Crippen molar-refractivity contribution in [2.24, 2.45) is 0 Å². The topological polar surface area (TPSA) is 107 Å². The molecule has 1 aliphatic rings. The number of fused-ring (bicyclic) bond motifs is 1. The molecule has 0 bridgehead atoms. The van der Waals surface area contributed by atoms with Crippen LogP contribution in [0.2, 0.25) is 0 Å². The number of nitriles is 1. The first-order valence-corrected chi connectivity index (χ1v) is 14.7. The van der Waals surface area contributed by atoms with Crippen LogP contribution in [0, 0.1) is 18.3 Å². The van der Waals surface area contributed by atoms with Crippen LogP contribution >= 0.6 is 11.3 Å². The number of nitrogens with zero attached hydrogens (tertiary/aromatic N) is 4. The maximum Gasteiger partial charge on any atom is 0.269 e. The Morgan fingerprint density at radius 2 is 1.87 bits per heavy atom.